The van der Waals surface area contributed by atoms with Crippen molar-refractivity contribution < 1.29 is 14.7 Å². The molecule has 1 unspecified atom stereocenters. The Bertz CT molecular complexity index is 1000. The molecule has 0 radical (unpaired) electrons. The van der Waals surface area contributed by atoms with Crippen LogP contribution in [0.2, 0.25) is 0 Å². The Labute approximate surface area is 170 Å². The van der Waals surface area contributed by atoms with E-state index < -0.39 is 5.97 Å². The molecule has 0 fully saturated rings. The van der Waals surface area contributed by atoms with Gasteiger partial charge in [0.2, 0.25) is 5.91 Å². The summed E-state index contributed by atoms with van der Waals surface area (Å²) >= 11 is 0. The number of aromatic carboxylic acids is 1. The highest BCUT2D eigenvalue weighted by Gasteiger charge is 2.11. The Morgan fingerprint density at radius 1 is 1.07 bits per heavy atom. The van der Waals surface area contributed by atoms with Crippen LogP contribution < -0.4 is 5.32 Å². The molecule has 0 saturated heterocycles. The highest BCUT2D eigenvalue weighted by molar-refractivity contribution is 5.87. The lowest BCUT2D eigenvalue weighted by Gasteiger charge is -2.15. The van der Waals surface area contributed by atoms with E-state index in [1.807, 2.05) is 55.8 Å². The van der Waals surface area contributed by atoms with Gasteiger partial charge < -0.3 is 10.4 Å². The van der Waals surface area contributed by atoms with E-state index in [4.69, 9.17) is 5.11 Å². The Morgan fingerprint density at radius 3 is 2.28 bits per heavy atom. The van der Waals surface area contributed by atoms with Crippen molar-refractivity contribution in [2.24, 2.45) is 0 Å². The van der Waals surface area contributed by atoms with Crippen LogP contribution in [0, 0.1) is 13.8 Å². The number of carboxylic acid groups (broad SMARTS) is 1. The number of carbonyl (C=O) groups is 2. The summed E-state index contributed by atoms with van der Waals surface area (Å²) in [7, 11) is 0. The second kappa shape index (κ2) is 8.73. The molecule has 0 bridgehead atoms. The maximum absolute atomic E-state index is 12.3. The first-order chi connectivity index (χ1) is 13.8. The molecular weight excluding hydrogens is 366 g/mol. The summed E-state index contributed by atoms with van der Waals surface area (Å²) in [5.74, 6) is -0.991. The van der Waals surface area contributed by atoms with Crippen molar-refractivity contribution in [1.29, 1.82) is 0 Å². The van der Waals surface area contributed by atoms with Gasteiger partial charge in [-0.25, -0.2) is 9.48 Å². The number of aryl methyl sites for hydroxylation is 3. The molecule has 1 aromatic heterocycles. The highest BCUT2D eigenvalue weighted by Crippen LogP contribution is 2.17. The Hall–Kier alpha value is -3.41. The molecule has 3 rings (SSSR count). The Morgan fingerprint density at radius 2 is 1.72 bits per heavy atom. The number of aromatic nitrogens is 2. The van der Waals surface area contributed by atoms with Gasteiger partial charge in [-0.1, -0.05) is 24.3 Å². The van der Waals surface area contributed by atoms with Crippen molar-refractivity contribution in [2.75, 3.05) is 0 Å². The van der Waals surface area contributed by atoms with E-state index in [1.54, 1.807) is 24.3 Å². The van der Waals surface area contributed by atoms with E-state index >= 15 is 0 Å². The summed E-state index contributed by atoms with van der Waals surface area (Å²) in [4.78, 5) is 23.2. The van der Waals surface area contributed by atoms with Crippen LogP contribution in [-0.2, 0) is 11.2 Å². The summed E-state index contributed by atoms with van der Waals surface area (Å²) < 4.78 is 1.90. The zero-order valence-corrected chi connectivity index (χ0v) is 16.8. The molecule has 1 atom stereocenters. The van der Waals surface area contributed by atoms with E-state index in [1.165, 1.54) is 0 Å². The van der Waals surface area contributed by atoms with Crippen molar-refractivity contribution in [3.63, 3.8) is 0 Å². The van der Waals surface area contributed by atoms with Gasteiger partial charge in [0.1, 0.15) is 0 Å². The number of hydrogen-bond donors (Lipinski definition) is 2. The SMILES string of the molecule is Cc1cc(C)n(-c2ccc(C(C)NC(=O)CCc3ccc(C(=O)O)cc3)cc2)n1. The third kappa shape index (κ3) is 5.10. The minimum atomic E-state index is -0.952. The van der Waals surface area contributed by atoms with Crippen molar-refractivity contribution >= 4 is 11.9 Å². The van der Waals surface area contributed by atoms with Crippen LogP contribution in [0.25, 0.3) is 5.69 Å². The molecule has 2 aromatic carbocycles. The minimum Gasteiger partial charge on any atom is -0.478 e. The van der Waals surface area contributed by atoms with E-state index in [9.17, 15) is 9.59 Å². The van der Waals surface area contributed by atoms with Crippen LogP contribution in [0.4, 0.5) is 0 Å². The average Bonchev–Trinajstić information content (AvgIpc) is 3.04. The van der Waals surface area contributed by atoms with E-state index in [0.29, 0.717) is 12.8 Å². The normalized spacial score (nSPS) is 11.8. The number of amides is 1. The first-order valence-electron chi connectivity index (χ1n) is 9.58. The second-order valence-corrected chi connectivity index (χ2v) is 7.22. The smallest absolute Gasteiger partial charge is 0.335 e. The van der Waals surface area contributed by atoms with Gasteiger partial charge in [-0.2, -0.15) is 5.10 Å². The number of hydrogen-bond acceptors (Lipinski definition) is 3. The van der Waals surface area contributed by atoms with Crippen molar-refractivity contribution in [1.82, 2.24) is 15.1 Å². The molecule has 1 amide bonds. The topological polar surface area (TPSA) is 84.2 Å². The predicted octanol–water partition coefficient (Wildman–Crippen LogP) is 4.00. The molecule has 0 spiro atoms. The lowest BCUT2D eigenvalue weighted by Crippen LogP contribution is -2.26. The molecule has 0 aliphatic heterocycles. The summed E-state index contributed by atoms with van der Waals surface area (Å²) in [6, 6.07) is 16.5. The summed E-state index contributed by atoms with van der Waals surface area (Å²) in [6.45, 7) is 5.94. The average molecular weight is 391 g/mol. The molecule has 0 aliphatic carbocycles. The standard InChI is InChI=1S/C23H25N3O3/c1-15-14-16(2)26(25-15)21-11-9-19(10-12-21)17(3)24-22(27)13-6-18-4-7-20(8-5-18)23(28)29/h4-5,7-12,14,17H,6,13H2,1-3H3,(H,24,27)(H,28,29). The van der Waals surface area contributed by atoms with E-state index in [-0.39, 0.29) is 17.5 Å². The fourth-order valence-electron chi connectivity index (χ4n) is 3.26. The second-order valence-electron chi connectivity index (χ2n) is 7.22. The molecule has 0 aliphatic rings. The number of nitrogens with one attached hydrogen (secondary N) is 1. The van der Waals surface area contributed by atoms with E-state index in [2.05, 4.69) is 10.4 Å². The van der Waals surface area contributed by atoms with Gasteiger partial charge in [-0.3, -0.25) is 4.79 Å². The minimum absolute atomic E-state index is 0.0394. The quantitative estimate of drug-likeness (QED) is 0.638. The molecule has 3 aromatic rings. The van der Waals surface area contributed by atoms with Gasteiger partial charge >= 0.3 is 5.97 Å². The summed E-state index contributed by atoms with van der Waals surface area (Å²) in [5.41, 5.74) is 5.25. The van der Waals surface area contributed by atoms with Gasteiger partial charge in [0, 0.05) is 12.1 Å². The van der Waals surface area contributed by atoms with Crippen molar-refractivity contribution in [2.45, 2.75) is 39.7 Å². The maximum Gasteiger partial charge on any atom is 0.335 e. The van der Waals surface area contributed by atoms with Gasteiger partial charge in [0.05, 0.1) is 23.0 Å². The molecular formula is C23H25N3O3. The van der Waals surface area contributed by atoms with Crippen LogP contribution in [0.1, 0.15) is 52.3 Å². The van der Waals surface area contributed by atoms with Gasteiger partial charge in [0.15, 0.2) is 0 Å². The van der Waals surface area contributed by atoms with Crippen LogP contribution in [-0.4, -0.2) is 26.8 Å². The largest absolute Gasteiger partial charge is 0.478 e. The lowest BCUT2D eigenvalue weighted by atomic mass is 10.1. The molecule has 6 nitrogen and oxygen atoms in total. The maximum atomic E-state index is 12.3. The number of benzene rings is 2. The van der Waals surface area contributed by atoms with Gasteiger partial charge in [0.25, 0.3) is 0 Å². The monoisotopic (exact) mass is 391 g/mol. The summed E-state index contributed by atoms with van der Waals surface area (Å²) in [5, 5.41) is 16.4. The van der Waals surface area contributed by atoms with Crippen LogP contribution >= 0.6 is 0 Å². The first-order valence-corrected chi connectivity index (χ1v) is 9.58. The highest BCUT2D eigenvalue weighted by atomic mass is 16.4. The zero-order chi connectivity index (χ0) is 21.0. The molecule has 0 saturated carbocycles. The van der Waals surface area contributed by atoms with Crippen molar-refractivity contribution in [3.05, 3.63) is 82.7 Å². The molecule has 6 heteroatoms. The fourth-order valence-corrected chi connectivity index (χ4v) is 3.26. The predicted molar refractivity (Wildman–Crippen MR) is 111 cm³/mol. The van der Waals surface area contributed by atoms with E-state index in [0.717, 1.165) is 28.2 Å². The van der Waals surface area contributed by atoms with Crippen molar-refractivity contribution in [3.8, 4) is 5.69 Å². The fraction of sp³-hybridized carbons (Fsp3) is 0.261. The molecule has 150 valence electrons. The Kier molecular flexibility index (Phi) is 6.12. The van der Waals surface area contributed by atoms with Crippen LogP contribution in [0.15, 0.2) is 54.6 Å². The molecule has 2 N–H and O–H groups in total. The van der Waals surface area contributed by atoms with Crippen LogP contribution in [0.3, 0.4) is 0 Å². The first kappa shape index (κ1) is 20.3. The van der Waals surface area contributed by atoms with Crippen LogP contribution in [0.5, 0.6) is 0 Å². The number of carboxylic acids is 1. The lowest BCUT2D eigenvalue weighted by molar-refractivity contribution is -0.121. The third-order valence-corrected chi connectivity index (χ3v) is 4.87. The van der Waals surface area contributed by atoms with Gasteiger partial charge in [-0.15, -0.1) is 0 Å². The summed E-state index contributed by atoms with van der Waals surface area (Å²) in [6.07, 6.45) is 0.913. The molecule has 29 heavy (non-hydrogen) atoms. The zero-order valence-electron chi connectivity index (χ0n) is 16.8. The number of rotatable bonds is 7. The van der Waals surface area contributed by atoms with Gasteiger partial charge in [-0.05, 0) is 68.7 Å². The molecule has 1 heterocycles. The number of nitrogens with zero attached hydrogens (tertiary/aromatic N) is 2. The third-order valence-electron chi connectivity index (χ3n) is 4.87. The number of carbonyl (C=O) groups excluding carboxylic acids is 1. The Balaban J connectivity index is 1.55.